The molecule has 2 heterocycles. The zero-order chi connectivity index (χ0) is 13.5. The highest BCUT2D eigenvalue weighted by molar-refractivity contribution is 5.76. The van der Waals surface area contributed by atoms with Crippen molar-refractivity contribution < 1.29 is 0 Å². The number of fused-ring (bicyclic) bond motifs is 1. The predicted molar refractivity (Wildman–Crippen MR) is 79.9 cm³/mol. The van der Waals surface area contributed by atoms with Gasteiger partial charge in [0.1, 0.15) is 0 Å². The Morgan fingerprint density at radius 1 is 1.16 bits per heavy atom. The second-order valence-corrected chi connectivity index (χ2v) is 4.83. The van der Waals surface area contributed by atoms with E-state index in [0.717, 1.165) is 24.1 Å². The lowest BCUT2D eigenvalue weighted by atomic mass is 10.1. The molecule has 5 heteroatoms. The zero-order valence-electron chi connectivity index (χ0n) is 11.3. The van der Waals surface area contributed by atoms with Crippen LogP contribution >= 0.6 is 0 Å². The van der Waals surface area contributed by atoms with Crippen molar-refractivity contribution in [3.05, 3.63) is 24.3 Å². The van der Waals surface area contributed by atoms with Crippen LogP contribution in [0.5, 0.6) is 0 Å². The number of nitrogens with one attached hydrogen (secondary N) is 1. The van der Waals surface area contributed by atoms with Gasteiger partial charge in [-0.15, -0.1) is 0 Å². The lowest BCUT2D eigenvalue weighted by molar-refractivity contribution is 0.235. The maximum atomic E-state index is 5.42. The van der Waals surface area contributed by atoms with E-state index >= 15 is 0 Å². The molecule has 0 bridgehead atoms. The number of piperidine rings is 1. The molecule has 19 heavy (non-hydrogen) atoms. The number of likely N-dealkylation sites (tertiary alicyclic amines) is 1. The summed E-state index contributed by atoms with van der Waals surface area (Å²) in [7, 11) is 0. The monoisotopic (exact) mass is 261 g/mol. The Bertz CT molecular complexity index is 452. The van der Waals surface area contributed by atoms with Gasteiger partial charge in [-0.3, -0.25) is 0 Å². The summed E-state index contributed by atoms with van der Waals surface area (Å²) in [5.41, 5.74) is 12.7. The Morgan fingerprint density at radius 2 is 1.89 bits per heavy atom. The van der Waals surface area contributed by atoms with E-state index in [1.54, 1.807) is 0 Å². The minimum Gasteiger partial charge on any atom is -0.369 e. The molecule has 0 radical (unpaired) electrons. The van der Waals surface area contributed by atoms with Crippen molar-refractivity contribution in [1.82, 2.24) is 14.9 Å². The number of aromatic amines is 1. The number of nitrogens with two attached hydrogens (primary N) is 2. The van der Waals surface area contributed by atoms with Crippen LogP contribution in [0.4, 0.5) is 5.95 Å². The molecule has 0 spiro atoms. The first-order valence-corrected chi connectivity index (χ1v) is 6.92. The standard InChI is InChI=1S/C7H7N3.C7H16N2/c8-7-9-5-3-1-2-4-6(5)10-7;8-4-7-9-5-2-1-3-6-9/h1-4H,(H3,8,9,10);1-8H2. The quantitative estimate of drug-likeness (QED) is 0.766. The van der Waals surface area contributed by atoms with Crippen molar-refractivity contribution >= 4 is 17.0 Å². The molecule has 1 saturated heterocycles. The van der Waals surface area contributed by atoms with Crippen LogP contribution in [0.2, 0.25) is 0 Å². The van der Waals surface area contributed by atoms with E-state index in [4.69, 9.17) is 11.5 Å². The molecule has 5 nitrogen and oxygen atoms in total. The minimum absolute atomic E-state index is 0.473. The van der Waals surface area contributed by atoms with Crippen LogP contribution in [0.3, 0.4) is 0 Å². The van der Waals surface area contributed by atoms with Crippen LogP contribution in [0, 0.1) is 0 Å². The number of rotatable bonds is 2. The number of aromatic nitrogens is 2. The normalized spacial score (nSPS) is 16.1. The molecule has 0 amide bonds. The number of imidazole rings is 1. The van der Waals surface area contributed by atoms with Crippen LogP contribution in [-0.2, 0) is 0 Å². The number of hydrogen-bond donors (Lipinski definition) is 3. The summed E-state index contributed by atoms with van der Waals surface area (Å²) in [4.78, 5) is 9.41. The van der Waals surface area contributed by atoms with Crippen molar-refractivity contribution in [2.45, 2.75) is 19.3 Å². The molecular formula is C14H23N5. The highest BCUT2D eigenvalue weighted by Crippen LogP contribution is 2.10. The van der Waals surface area contributed by atoms with Gasteiger partial charge in [0, 0.05) is 13.1 Å². The Hall–Kier alpha value is -1.59. The number of H-pyrrole nitrogens is 1. The summed E-state index contributed by atoms with van der Waals surface area (Å²) in [6, 6.07) is 7.74. The SMILES string of the molecule is NCCN1CCCCC1.Nc1nc2ccccc2[nH]1. The predicted octanol–water partition coefficient (Wildman–Crippen LogP) is 1.58. The van der Waals surface area contributed by atoms with Crippen molar-refractivity contribution in [1.29, 1.82) is 0 Å². The third-order valence-electron chi connectivity index (χ3n) is 3.30. The molecule has 3 rings (SSSR count). The van der Waals surface area contributed by atoms with E-state index in [0.29, 0.717) is 5.95 Å². The van der Waals surface area contributed by atoms with E-state index < -0.39 is 0 Å². The van der Waals surface area contributed by atoms with Gasteiger partial charge in [0.15, 0.2) is 5.95 Å². The topological polar surface area (TPSA) is 84.0 Å². The molecular weight excluding hydrogens is 238 g/mol. The van der Waals surface area contributed by atoms with Crippen LogP contribution in [-0.4, -0.2) is 41.0 Å². The lowest BCUT2D eigenvalue weighted by Gasteiger charge is -2.25. The third-order valence-corrected chi connectivity index (χ3v) is 3.30. The first-order valence-electron chi connectivity index (χ1n) is 6.92. The van der Waals surface area contributed by atoms with Crippen LogP contribution in [0.25, 0.3) is 11.0 Å². The molecule has 1 aliphatic rings. The summed E-state index contributed by atoms with van der Waals surface area (Å²) >= 11 is 0. The maximum absolute atomic E-state index is 5.42. The first kappa shape index (κ1) is 13.8. The average molecular weight is 261 g/mol. The van der Waals surface area contributed by atoms with Gasteiger partial charge in [-0.2, -0.15) is 0 Å². The summed E-state index contributed by atoms with van der Waals surface area (Å²) < 4.78 is 0. The second-order valence-electron chi connectivity index (χ2n) is 4.83. The molecule has 1 fully saturated rings. The number of nitrogen functional groups attached to an aromatic ring is 1. The molecule has 0 saturated carbocycles. The molecule has 2 aromatic rings. The van der Waals surface area contributed by atoms with Crippen LogP contribution in [0.1, 0.15) is 19.3 Å². The Labute approximate surface area is 114 Å². The van der Waals surface area contributed by atoms with Gasteiger partial charge in [0.25, 0.3) is 0 Å². The van der Waals surface area contributed by atoms with Gasteiger partial charge in [-0.05, 0) is 38.1 Å². The Balaban J connectivity index is 0.000000141. The van der Waals surface area contributed by atoms with Gasteiger partial charge in [-0.25, -0.2) is 4.98 Å². The molecule has 5 N–H and O–H groups in total. The van der Waals surface area contributed by atoms with Crippen LogP contribution < -0.4 is 11.5 Å². The fourth-order valence-electron chi connectivity index (χ4n) is 2.34. The minimum atomic E-state index is 0.473. The fraction of sp³-hybridized carbons (Fsp3) is 0.500. The van der Waals surface area contributed by atoms with Gasteiger partial charge in [-0.1, -0.05) is 18.6 Å². The third kappa shape index (κ3) is 4.22. The second kappa shape index (κ2) is 7.11. The summed E-state index contributed by atoms with van der Waals surface area (Å²) in [5, 5.41) is 0. The highest BCUT2D eigenvalue weighted by atomic mass is 15.1. The molecule has 0 aliphatic carbocycles. The summed E-state index contributed by atoms with van der Waals surface area (Å²) in [6.45, 7) is 4.47. The van der Waals surface area contributed by atoms with Gasteiger partial charge < -0.3 is 21.4 Å². The lowest BCUT2D eigenvalue weighted by Crippen LogP contribution is -2.33. The average Bonchev–Trinajstić information content (AvgIpc) is 2.81. The van der Waals surface area contributed by atoms with Gasteiger partial charge in [0.05, 0.1) is 11.0 Å². The van der Waals surface area contributed by atoms with E-state index in [2.05, 4.69) is 14.9 Å². The maximum Gasteiger partial charge on any atom is 0.198 e. The first-order chi connectivity index (χ1) is 9.29. The molecule has 1 aromatic heterocycles. The number of benzene rings is 1. The Morgan fingerprint density at radius 3 is 2.58 bits per heavy atom. The molecule has 1 aliphatic heterocycles. The van der Waals surface area contributed by atoms with Crippen molar-refractivity contribution in [3.63, 3.8) is 0 Å². The van der Waals surface area contributed by atoms with E-state index in [1.165, 1.54) is 32.4 Å². The number of anilines is 1. The Kier molecular flexibility index (Phi) is 5.18. The fourth-order valence-corrected chi connectivity index (χ4v) is 2.34. The summed E-state index contributed by atoms with van der Waals surface area (Å²) in [6.07, 6.45) is 4.17. The van der Waals surface area contributed by atoms with E-state index in [-0.39, 0.29) is 0 Å². The molecule has 1 aromatic carbocycles. The molecule has 0 atom stereocenters. The van der Waals surface area contributed by atoms with Crippen molar-refractivity contribution in [2.75, 3.05) is 31.9 Å². The number of hydrogen-bond acceptors (Lipinski definition) is 4. The van der Waals surface area contributed by atoms with Crippen LogP contribution in [0.15, 0.2) is 24.3 Å². The number of nitrogens with zero attached hydrogens (tertiary/aromatic N) is 2. The highest BCUT2D eigenvalue weighted by Gasteiger charge is 2.07. The van der Waals surface area contributed by atoms with E-state index in [9.17, 15) is 0 Å². The number of para-hydroxylation sites is 2. The smallest absolute Gasteiger partial charge is 0.198 e. The van der Waals surface area contributed by atoms with Gasteiger partial charge in [0.2, 0.25) is 0 Å². The van der Waals surface area contributed by atoms with Crippen molar-refractivity contribution in [2.24, 2.45) is 5.73 Å². The van der Waals surface area contributed by atoms with E-state index in [1.807, 2.05) is 24.3 Å². The molecule has 0 unspecified atom stereocenters. The molecule has 104 valence electrons. The summed E-state index contributed by atoms with van der Waals surface area (Å²) in [5.74, 6) is 0.473. The zero-order valence-corrected chi connectivity index (χ0v) is 11.3. The van der Waals surface area contributed by atoms with Crippen molar-refractivity contribution in [3.8, 4) is 0 Å². The largest absolute Gasteiger partial charge is 0.369 e. The van der Waals surface area contributed by atoms with Gasteiger partial charge >= 0.3 is 0 Å².